The minimum Gasteiger partial charge on any atom is -0.480 e. The molecule has 1 N–H and O–H groups in total. The topological polar surface area (TPSA) is 38.3 Å². The molecule has 1 amide bonds. The fraction of sp³-hybridized carbons (Fsp3) is 0.562. The number of halogens is 3. The lowest BCUT2D eigenvalue weighted by atomic mass is 9.92. The van der Waals surface area contributed by atoms with Crippen LogP contribution in [-0.4, -0.2) is 24.7 Å². The summed E-state index contributed by atoms with van der Waals surface area (Å²) in [4.78, 5) is 12.0. The van der Waals surface area contributed by atoms with Gasteiger partial charge in [0, 0.05) is 6.54 Å². The monoisotopic (exact) mass is 315 g/mol. The second kappa shape index (κ2) is 5.82. The van der Waals surface area contributed by atoms with Gasteiger partial charge in [-0.2, -0.15) is 13.2 Å². The summed E-state index contributed by atoms with van der Waals surface area (Å²) in [6, 6.07) is 5.67. The minimum atomic E-state index is -4.36. The number of hydrogen-bond donors (Lipinski definition) is 1. The molecule has 0 bridgehead atoms. The Bertz CT molecular complexity index is 567. The number of aryl methyl sites for hydroxylation is 2. The van der Waals surface area contributed by atoms with Crippen molar-refractivity contribution in [2.45, 2.75) is 45.9 Å². The SMILES string of the molecule is Cc1ccc2c(c1)CCC(C(=O)NCC(C)(C)C(F)(F)F)O2. The van der Waals surface area contributed by atoms with Gasteiger partial charge in [0.2, 0.25) is 0 Å². The molecule has 1 aromatic carbocycles. The highest BCUT2D eigenvalue weighted by molar-refractivity contribution is 5.81. The molecule has 1 heterocycles. The maximum Gasteiger partial charge on any atom is 0.395 e. The number of amides is 1. The fourth-order valence-corrected chi connectivity index (χ4v) is 2.22. The normalized spacial score (nSPS) is 18.4. The molecule has 0 fully saturated rings. The van der Waals surface area contributed by atoms with E-state index in [0.717, 1.165) is 25.0 Å². The van der Waals surface area contributed by atoms with Crippen molar-refractivity contribution in [2.24, 2.45) is 5.41 Å². The first-order chi connectivity index (χ1) is 10.1. The fourth-order valence-electron chi connectivity index (χ4n) is 2.22. The largest absolute Gasteiger partial charge is 0.480 e. The number of carbonyl (C=O) groups is 1. The van der Waals surface area contributed by atoms with E-state index in [2.05, 4.69) is 5.32 Å². The summed E-state index contributed by atoms with van der Waals surface area (Å²) in [5, 5.41) is 2.36. The highest BCUT2D eigenvalue weighted by Gasteiger charge is 2.47. The molecule has 0 saturated carbocycles. The molecule has 0 radical (unpaired) electrons. The van der Waals surface area contributed by atoms with Gasteiger partial charge in [0.25, 0.3) is 5.91 Å². The molecule has 0 aromatic heterocycles. The number of fused-ring (bicyclic) bond motifs is 1. The molecule has 122 valence electrons. The van der Waals surface area contributed by atoms with Gasteiger partial charge < -0.3 is 10.1 Å². The zero-order valence-electron chi connectivity index (χ0n) is 12.9. The molecule has 1 atom stereocenters. The van der Waals surface area contributed by atoms with Crippen LogP contribution >= 0.6 is 0 Å². The second-order valence-electron chi connectivity index (χ2n) is 6.36. The summed E-state index contributed by atoms with van der Waals surface area (Å²) in [7, 11) is 0. The second-order valence-corrected chi connectivity index (χ2v) is 6.36. The lowest BCUT2D eigenvalue weighted by Gasteiger charge is -2.30. The molecule has 0 saturated heterocycles. The van der Waals surface area contributed by atoms with Crippen LogP contribution < -0.4 is 10.1 Å². The van der Waals surface area contributed by atoms with Gasteiger partial charge in [0.15, 0.2) is 6.10 Å². The highest BCUT2D eigenvalue weighted by atomic mass is 19.4. The van der Waals surface area contributed by atoms with E-state index in [4.69, 9.17) is 4.74 Å². The van der Waals surface area contributed by atoms with Crippen molar-refractivity contribution in [1.29, 1.82) is 0 Å². The summed E-state index contributed by atoms with van der Waals surface area (Å²) in [6.45, 7) is 3.63. The Morgan fingerprint density at radius 2 is 2.05 bits per heavy atom. The van der Waals surface area contributed by atoms with Crippen LogP contribution in [0.4, 0.5) is 13.2 Å². The van der Waals surface area contributed by atoms with Crippen molar-refractivity contribution in [1.82, 2.24) is 5.32 Å². The van der Waals surface area contributed by atoms with Crippen molar-refractivity contribution in [3.05, 3.63) is 29.3 Å². The van der Waals surface area contributed by atoms with Crippen molar-refractivity contribution in [3.8, 4) is 5.75 Å². The van der Waals surface area contributed by atoms with E-state index < -0.39 is 30.1 Å². The van der Waals surface area contributed by atoms with Crippen LogP contribution in [0.5, 0.6) is 5.75 Å². The summed E-state index contributed by atoms with van der Waals surface area (Å²) in [5.74, 6) is 0.135. The Labute approximate surface area is 127 Å². The molecule has 22 heavy (non-hydrogen) atoms. The van der Waals surface area contributed by atoms with E-state index in [1.54, 1.807) is 6.07 Å². The third-order valence-corrected chi connectivity index (χ3v) is 3.93. The predicted octanol–water partition coefficient (Wildman–Crippen LogP) is 3.39. The molecular formula is C16H20F3NO2. The molecule has 1 aliphatic rings. The smallest absolute Gasteiger partial charge is 0.395 e. The van der Waals surface area contributed by atoms with Crippen molar-refractivity contribution < 1.29 is 22.7 Å². The van der Waals surface area contributed by atoms with Crippen LogP contribution in [0.25, 0.3) is 0 Å². The molecule has 3 nitrogen and oxygen atoms in total. The Morgan fingerprint density at radius 1 is 1.36 bits per heavy atom. The Morgan fingerprint density at radius 3 is 2.68 bits per heavy atom. The average molecular weight is 315 g/mol. The quantitative estimate of drug-likeness (QED) is 0.928. The molecule has 0 aliphatic carbocycles. The molecular weight excluding hydrogens is 295 g/mol. The lowest BCUT2D eigenvalue weighted by Crippen LogP contribution is -2.47. The molecule has 1 aliphatic heterocycles. The molecule has 1 unspecified atom stereocenters. The standard InChI is InChI=1S/C16H20F3NO2/c1-10-4-6-12-11(8-10)5-7-13(22-12)14(21)20-9-15(2,3)16(17,18)19/h4,6,8,13H,5,7,9H2,1-3H3,(H,20,21). The van der Waals surface area contributed by atoms with Crippen LogP contribution in [-0.2, 0) is 11.2 Å². The summed E-state index contributed by atoms with van der Waals surface area (Å²) >= 11 is 0. The van der Waals surface area contributed by atoms with Gasteiger partial charge in [0.1, 0.15) is 5.75 Å². The zero-order valence-corrected chi connectivity index (χ0v) is 12.9. The van der Waals surface area contributed by atoms with E-state index in [9.17, 15) is 18.0 Å². The number of nitrogens with one attached hydrogen (secondary N) is 1. The van der Waals surface area contributed by atoms with Gasteiger partial charge in [-0.15, -0.1) is 0 Å². The van der Waals surface area contributed by atoms with Crippen molar-refractivity contribution >= 4 is 5.91 Å². The van der Waals surface area contributed by atoms with E-state index in [1.165, 1.54) is 0 Å². The molecule has 0 spiro atoms. The Balaban J connectivity index is 1.96. The first-order valence-corrected chi connectivity index (χ1v) is 7.21. The average Bonchev–Trinajstić information content (AvgIpc) is 2.43. The van der Waals surface area contributed by atoms with Crippen LogP contribution in [0.15, 0.2) is 18.2 Å². The third kappa shape index (κ3) is 3.54. The Hall–Kier alpha value is -1.72. The van der Waals surface area contributed by atoms with Gasteiger partial charge in [-0.05, 0) is 45.2 Å². The van der Waals surface area contributed by atoms with Gasteiger partial charge in [-0.1, -0.05) is 17.7 Å². The number of ether oxygens (including phenoxy) is 1. The van der Waals surface area contributed by atoms with Crippen molar-refractivity contribution in [3.63, 3.8) is 0 Å². The molecule has 1 aromatic rings. The van der Waals surface area contributed by atoms with Crippen LogP contribution in [0.2, 0.25) is 0 Å². The minimum absolute atomic E-state index is 0.462. The summed E-state index contributed by atoms with van der Waals surface area (Å²) in [6.07, 6.45) is -3.95. The Kier molecular flexibility index (Phi) is 4.40. The number of alkyl halides is 3. The van der Waals surface area contributed by atoms with E-state index in [0.29, 0.717) is 18.6 Å². The molecule has 6 heteroatoms. The summed E-state index contributed by atoms with van der Waals surface area (Å²) in [5.41, 5.74) is 0.170. The number of carbonyl (C=O) groups excluding carboxylic acids is 1. The molecule has 2 rings (SSSR count). The van der Waals surface area contributed by atoms with Crippen molar-refractivity contribution in [2.75, 3.05) is 6.54 Å². The summed E-state index contributed by atoms with van der Waals surface area (Å²) < 4.78 is 43.9. The number of rotatable bonds is 3. The van der Waals surface area contributed by atoms with E-state index >= 15 is 0 Å². The first-order valence-electron chi connectivity index (χ1n) is 7.21. The third-order valence-electron chi connectivity index (χ3n) is 3.93. The number of hydrogen-bond acceptors (Lipinski definition) is 2. The van der Waals surface area contributed by atoms with Gasteiger partial charge in [0.05, 0.1) is 5.41 Å². The number of benzene rings is 1. The first kappa shape index (κ1) is 16.6. The maximum absolute atomic E-state index is 12.8. The lowest BCUT2D eigenvalue weighted by molar-refractivity contribution is -0.209. The van der Waals surface area contributed by atoms with E-state index in [1.807, 2.05) is 19.1 Å². The van der Waals surface area contributed by atoms with Gasteiger partial charge in [-0.25, -0.2) is 0 Å². The zero-order chi connectivity index (χ0) is 16.5. The van der Waals surface area contributed by atoms with Crippen LogP contribution in [0.1, 0.15) is 31.4 Å². The maximum atomic E-state index is 12.8. The predicted molar refractivity (Wildman–Crippen MR) is 76.8 cm³/mol. The van der Waals surface area contributed by atoms with E-state index in [-0.39, 0.29) is 0 Å². The van der Waals surface area contributed by atoms with Crippen LogP contribution in [0, 0.1) is 12.3 Å². The highest BCUT2D eigenvalue weighted by Crippen LogP contribution is 2.36. The van der Waals surface area contributed by atoms with Crippen LogP contribution in [0.3, 0.4) is 0 Å². The van der Waals surface area contributed by atoms with Gasteiger partial charge in [-0.3, -0.25) is 4.79 Å². The van der Waals surface area contributed by atoms with Gasteiger partial charge >= 0.3 is 6.18 Å².